The molecule has 29 heavy (non-hydrogen) atoms. The van der Waals surface area contributed by atoms with Crippen LogP contribution in [-0.4, -0.2) is 21.4 Å². The van der Waals surface area contributed by atoms with E-state index in [-0.39, 0.29) is 11.4 Å². The number of aryl methyl sites for hydroxylation is 1. The Bertz CT molecular complexity index is 1150. The van der Waals surface area contributed by atoms with Crippen LogP contribution in [0.5, 0.6) is 0 Å². The number of nitrogens with zero attached hydrogens (tertiary/aromatic N) is 2. The van der Waals surface area contributed by atoms with Crippen LogP contribution in [0.2, 0.25) is 0 Å². The van der Waals surface area contributed by atoms with Crippen LogP contribution in [0.25, 0.3) is 10.9 Å². The Kier molecular flexibility index (Phi) is 4.34. The summed E-state index contributed by atoms with van der Waals surface area (Å²) in [4.78, 5) is 28.0. The third-order valence-corrected chi connectivity index (χ3v) is 5.39. The highest BCUT2D eigenvalue weighted by atomic mass is 16.3. The number of para-hydroxylation sites is 2. The van der Waals surface area contributed by atoms with E-state index in [0.29, 0.717) is 5.69 Å². The zero-order valence-corrected chi connectivity index (χ0v) is 17.0. The molecule has 148 valence electrons. The molecule has 1 N–H and O–H groups in total. The third kappa shape index (κ3) is 2.94. The van der Waals surface area contributed by atoms with E-state index in [2.05, 4.69) is 0 Å². The number of amides is 1. The van der Waals surface area contributed by atoms with Crippen LogP contribution in [-0.2, 0) is 16.6 Å². The third-order valence-electron chi connectivity index (χ3n) is 5.39. The minimum Gasteiger partial charge on any atom is -0.503 e. The van der Waals surface area contributed by atoms with Gasteiger partial charge in [0.05, 0.1) is 11.6 Å². The summed E-state index contributed by atoms with van der Waals surface area (Å²) in [6.45, 7) is 5.39. The summed E-state index contributed by atoms with van der Waals surface area (Å²) in [5, 5.41) is 11.7. The lowest BCUT2D eigenvalue weighted by atomic mass is 9.82. The Labute approximate surface area is 169 Å². The number of aliphatic hydroxyl groups excluding tert-OH is 1. The number of aliphatic hydroxyl groups is 1. The minimum absolute atomic E-state index is 0.155. The Morgan fingerprint density at radius 3 is 2.28 bits per heavy atom. The maximum atomic E-state index is 13.3. The van der Waals surface area contributed by atoms with E-state index in [1.54, 1.807) is 20.8 Å². The number of carbonyl (C=O) groups is 2. The quantitative estimate of drug-likeness (QED) is 0.708. The molecule has 3 aromatic rings. The predicted molar refractivity (Wildman–Crippen MR) is 114 cm³/mol. The van der Waals surface area contributed by atoms with E-state index in [9.17, 15) is 14.7 Å². The first-order valence-corrected chi connectivity index (χ1v) is 9.62. The summed E-state index contributed by atoms with van der Waals surface area (Å²) in [5.74, 6) is -1.26. The van der Waals surface area contributed by atoms with Crippen LogP contribution in [0.3, 0.4) is 0 Å². The lowest BCUT2D eigenvalue weighted by Crippen LogP contribution is -2.32. The summed E-state index contributed by atoms with van der Waals surface area (Å²) < 4.78 is 1.98. The Balaban J connectivity index is 2.00. The van der Waals surface area contributed by atoms with Crippen molar-refractivity contribution in [2.45, 2.75) is 26.8 Å². The number of carbonyl (C=O) groups excluding carboxylic acids is 2. The second-order valence-corrected chi connectivity index (χ2v) is 8.47. The zero-order valence-electron chi connectivity index (χ0n) is 17.0. The van der Waals surface area contributed by atoms with Gasteiger partial charge in [-0.1, -0.05) is 57.2 Å². The molecule has 2 heterocycles. The van der Waals surface area contributed by atoms with Gasteiger partial charge in [-0.05, 0) is 18.2 Å². The fourth-order valence-corrected chi connectivity index (χ4v) is 3.98. The Morgan fingerprint density at radius 1 is 1.00 bits per heavy atom. The van der Waals surface area contributed by atoms with Crippen LogP contribution in [0, 0.1) is 5.41 Å². The first-order valence-electron chi connectivity index (χ1n) is 9.62. The number of aromatic nitrogens is 1. The van der Waals surface area contributed by atoms with Gasteiger partial charge < -0.3 is 9.67 Å². The summed E-state index contributed by atoms with van der Waals surface area (Å²) >= 11 is 0. The van der Waals surface area contributed by atoms with E-state index < -0.39 is 23.1 Å². The highest BCUT2D eigenvalue weighted by Gasteiger charge is 2.47. The van der Waals surface area contributed by atoms with Gasteiger partial charge in [-0.2, -0.15) is 0 Å². The van der Waals surface area contributed by atoms with Crippen molar-refractivity contribution in [1.82, 2.24) is 4.57 Å². The van der Waals surface area contributed by atoms with Crippen molar-refractivity contribution in [3.05, 3.63) is 77.7 Å². The van der Waals surface area contributed by atoms with Gasteiger partial charge in [-0.25, -0.2) is 0 Å². The second kappa shape index (κ2) is 6.62. The molecular weight excluding hydrogens is 364 g/mol. The zero-order chi connectivity index (χ0) is 20.9. The maximum Gasteiger partial charge on any atom is 0.294 e. The molecule has 0 spiro atoms. The van der Waals surface area contributed by atoms with Gasteiger partial charge in [0.15, 0.2) is 11.5 Å². The smallest absolute Gasteiger partial charge is 0.294 e. The number of fused-ring (bicyclic) bond motifs is 1. The molecule has 1 aromatic heterocycles. The average Bonchev–Trinajstić information content (AvgIpc) is 3.16. The van der Waals surface area contributed by atoms with Gasteiger partial charge >= 0.3 is 0 Å². The normalized spacial score (nSPS) is 17.4. The highest BCUT2D eigenvalue weighted by molar-refractivity contribution is 6.18. The molecule has 2 aromatic carbocycles. The first kappa shape index (κ1) is 19.0. The monoisotopic (exact) mass is 388 g/mol. The molecule has 1 aliphatic heterocycles. The molecule has 1 atom stereocenters. The van der Waals surface area contributed by atoms with Crippen LogP contribution in [0.4, 0.5) is 5.69 Å². The molecule has 4 rings (SSSR count). The van der Waals surface area contributed by atoms with Gasteiger partial charge in [-0.3, -0.25) is 14.5 Å². The van der Waals surface area contributed by atoms with Crippen LogP contribution in [0.15, 0.2) is 72.1 Å². The van der Waals surface area contributed by atoms with Crippen LogP contribution in [0.1, 0.15) is 32.4 Å². The van der Waals surface area contributed by atoms with Crippen molar-refractivity contribution in [2.75, 3.05) is 4.90 Å². The largest absolute Gasteiger partial charge is 0.503 e. The Morgan fingerprint density at radius 2 is 1.62 bits per heavy atom. The molecule has 0 saturated heterocycles. The van der Waals surface area contributed by atoms with E-state index in [1.165, 1.54) is 4.90 Å². The summed E-state index contributed by atoms with van der Waals surface area (Å²) in [7, 11) is 1.93. The molecule has 0 fully saturated rings. The predicted octanol–water partition coefficient (Wildman–Crippen LogP) is 4.69. The summed E-state index contributed by atoms with van der Waals surface area (Å²) in [6, 6.07) is 16.3. The van der Waals surface area contributed by atoms with Crippen molar-refractivity contribution >= 4 is 28.3 Å². The molecule has 0 bridgehead atoms. The van der Waals surface area contributed by atoms with Crippen molar-refractivity contribution in [2.24, 2.45) is 12.5 Å². The van der Waals surface area contributed by atoms with Gasteiger partial charge in [0.25, 0.3) is 5.91 Å². The molecule has 0 saturated carbocycles. The lowest BCUT2D eigenvalue weighted by Gasteiger charge is -2.28. The lowest BCUT2D eigenvalue weighted by molar-refractivity contribution is -0.123. The average molecular weight is 388 g/mol. The molecule has 1 amide bonds. The molecule has 5 heteroatoms. The maximum absolute atomic E-state index is 13.3. The van der Waals surface area contributed by atoms with Gasteiger partial charge in [0.1, 0.15) is 0 Å². The van der Waals surface area contributed by atoms with Crippen molar-refractivity contribution < 1.29 is 14.7 Å². The van der Waals surface area contributed by atoms with Crippen molar-refractivity contribution in [3.8, 4) is 0 Å². The minimum atomic E-state index is -0.737. The summed E-state index contributed by atoms with van der Waals surface area (Å²) in [5.41, 5.74) is 1.87. The SMILES string of the molecule is Cn1cc(C2C(C(=O)C(C)(C)C)=C(O)C(=O)N2c2ccccc2)c2ccccc21. The highest BCUT2D eigenvalue weighted by Crippen LogP contribution is 2.45. The van der Waals surface area contributed by atoms with Gasteiger partial charge in [0, 0.05) is 40.8 Å². The molecule has 1 aliphatic rings. The topological polar surface area (TPSA) is 62.5 Å². The van der Waals surface area contributed by atoms with Gasteiger partial charge in [0.2, 0.25) is 0 Å². The van der Waals surface area contributed by atoms with Gasteiger partial charge in [-0.15, -0.1) is 0 Å². The van der Waals surface area contributed by atoms with E-state index in [0.717, 1.165) is 16.5 Å². The number of Topliss-reactive ketones (excluding diaryl/α,β-unsaturated/α-hetero) is 1. The first-order chi connectivity index (χ1) is 13.7. The number of anilines is 1. The van der Waals surface area contributed by atoms with E-state index in [4.69, 9.17) is 0 Å². The molecule has 0 radical (unpaired) electrons. The fraction of sp³-hybridized carbons (Fsp3) is 0.250. The van der Waals surface area contributed by atoms with Crippen molar-refractivity contribution in [1.29, 1.82) is 0 Å². The van der Waals surface area contributed by atoms with E-state index >= 15 is 0 Å². The fourth-order valence-electron chi connectivity index (χ4n) is 3.98. The second-order valence-electron chi connectivity index (χ2n) is 8.47. The standard InChI is InChI=1S/C24H24N2O3/c1-24(2,3)22(28)19-20(17-14-25(4)18-13-9-8-12-16(17)18)26(23(29)21(19)27)15-10-6-5-7-11-15/h5-14,20,27H,1-4H3. The number of rotatable bonds is 3. The summed E-state index contributed by atoms with van der Waals surface area (Å²) in [6.07, 6.45) is 1.94. The number of hydrogen-bond acceptors (Lipinski definition) is 3. The number of hydrogen-bond donors (Lipinski definition) is 1. The number of ketones is 1. The molecular formula is C24H24N2O3. The number of benzene rings is 2. The molecule has 1 unspecified atom stereocenters. The van der Waals surface area contributed by atoms with E-state index in [1.807, 2.05) is 72.4 Å². The molecule has 0 aliphatic carbocycles. The molecule has 5 nitrogen and oxygen atoms in total. The van der Waals surface area contributed by atoms with Crippen LogP contribution >= 0.6 is 0 Å². The van der Waals surface area contributed by atoms with Crippen molar-refractivity contribution in [3.63, 3.8) is 0 Å². The Hall–Kier alpha value is -3.34. The van der Waals surface area contributed by atoms with Crippen LogP contribution < -0.4 is 4.90 Å².